The van der Waals surface area contributed by atoms with Crippen LogP contribution in [-0.4, -0.2) is 40.8 Å². The van der Waals surface area contributed by atoms with Gasteiger partial charge in [-0.15, -0.1) is 0 Å². The molecule has 2 aromatic rings. The first-order valence-electron chi connectivity index (χ1n) is 8.50. The molecule has 2 aromatic heterocycles. The molecule has 2 N–H and O–H groups in total. The first-order valence-corrected chi connectivity index (χ1v) is 8.50. The molecule has 0 saturated carbocycles. The number of anilines is 1. The highest BCUT2D eigenvalue weighted by molar-refractivity contribution is 5.93. The quantitative estimate of drug-likeness (QED) is 0.791. The fraction of sp³-hybridized carbons (Fsp3) is 0.529. The maximum absolute atomic E-state index is 12.2. The summed E-state index contributed by atoms with van der Waals surface area (Å²) in [6.07, 6.45) is 2.63. The van der Waals surface area contributed by atoms with Gasteiger partial charge in [0, 0.05) is 31.2 Å². The summed E-state index contributed by atoms with van der Waals surface area (Å²) in [6.45, 7) is 6.61. The second-order valence-electron chi connectivity index (χ2n) is 6.43. The maximum atomic E-state index is 12.2. The average molecular weight is 345 g/mol. The largest absolute Gasteiger partial charge is 0.381 e. The Morgan fingerprint density at radius 2 is 2.28 bits per heavy atom. The van der Waals surface area contributed by atoms with E-state index >= 15 is 0 Å². The van der Waals surface area contributed by atoms with Crippen molar-refractivity contribution in [2.24, 2.45) is 5.92 Å². The molecule has 0 aliphatic carbocycles. The van der Waals surface area contributed by atoms with Crippen LogP contribution in [0.2, 0.25) is 0 Å². The number of rotatable bonds is 7. The van der Waals surface area contributed by atoms with Crippen LogP contribution in [0.5, 0.6) is 0 Å². The zero-order chi connectivity index (χ0) is 17.6. The summed E-state index contributed by atoms with van der Waals surface area (Å²) in [7, 11) is 0. The fourth-order valence-corrected chi connectivity index (χ4v) is 2.46. The van der Waals surface area contributed by atoms with Gasteiger partial charge in [0.15, 0.2) is 5.82 Å². The van der Waals surface area contributed by atoms with Crippen molar-refractivity contribution in [2.75, 3.05) is 25.1 Å². The Hall–Kier alpha value is -2.48. The predicted octanol–water partition coefficient (Wildman–Crippen LogP) is 1.97. The van der Waals surface area contributed by atoms with Crippen LogP contribution < -0.4 is 10.6 Å². The normalized spacial score (nSPS) is 17.0. The van der Waals surface area contributed by atoms with Crippen LogP contribution in [0.4, 0.5) is 5.82 Å². The number of pyridine rings is 1. The first kappa shape index (κ1) is 17.3. The molecule has 25 heavy (non-hydrogen) atoms. The van der Waals surface area contributed by atoms with E-state index in [4.69, 9.17) is 9.26 Å². The number of amides is 1. The van der Waals surface area contributed by atoms with E-state index < -0.39 is 0 Å². The van der Waals surface area contributed by atoms with E-state index in [9.17, 15) is 4.79 Å². The topological polar surface area (TPSA) is 102 Å². The third-order valence-corrected chi connectivity index (χ3v) is 4.01. The molecule has 0 aromatic carbocycles. The summed E-state index contributed by atoms with van der Waals surface area (Å²) in [5.41, 5.74) is 0.488. The molecule has 0 bridgehead atoms. The number of hydrogen-bond acceptors (Lipinski definition) is 7. The summed E-state index contributed by atoms with van der Waals surface area (Å²) in [5, 5.41) is 9.87. The van der Waals surface area contributed by atoms with Crippen LogP contribution in [0.25, 0.3) is 0 Å². The predicted molar refractivity (Wildman–Crippen MR) is 91.2 cm³/mol. The molecule has 3 rings (SSSR count). The Kier molecular flexibility index (Phi) is 5.60. The summed E-state index contributed by atoms with van der Waals surface area (Å²) >= 11 is 0. The zero-order valence-electron chi connectivity index (χ0n) is 14.5. The van der Waals surface area contributed by atoms with E-state index in [1.165, 1.54) is 0 Å². The van der Waals surface area contributed by atoms with Crippen LogP contribution in [0.1, 0.15) is 48.3 Å². The lowest BCUT2D eigenvalue weighted by atomic mass is 10.1. The van der Waals surface area contributed by atoms with E-state index in [0.29, 0.717) is 23.2 Å². The molecule has 0 spiro atoms. The summed E-state index contributed by atoms with van der Waals surface area (Å²) in [5.74, 6) is 2.24. The molecule has 0 unspecified atom stereocenters. The van der Waals surface area contributed by atoms with Gasteiger partial charge >= 0.3 is 0 Å². The zero-order valence-corrected chi connectivity index (χ0v) is 14.5. The minimum atomic E-state index is -0.223. The van der Waals surface area contributed by atoms with Crippen molar-refractivity contribution in [1.82, 2.24) is 20.4 Å². The number of hydrogen-bond donors (Lipinski definition) is 2. The highest BCUT2D eigenvalue weighted by Crippen LogP contribution is 2.14. The molecule has 1 amide bonds. The molecule has 1 saturated heterocycles. The molecule has 8 heteroatoms. The van der Waals surface area contributed by atoms with Crippen molar-refractivity contribution in [2.45, 2.75) is 32.7 Å². The van der Waals surface area contributed by atoms with Crippen LogP contribution in [-0.2, 0) is 11.3 Å². The molecule has 0 radical (unpaired) electrons. The molecular weight excluding hydrogens is 322 g/mol. The lowest BCUT2D eigenvalue weighted by molar-refractivity contribution is 0.0949. The van der Waals surface area contributed by atoms with Gasteiger partial charge in [-0.25, -0.2) is 4.98 Å². The van der Waals surface area contributed by atoms with Gasteiger partial charge in [0.1, 0.15) is 5.82 Å². The van der Waals surface area contributed by atoms with Crippen LogP contribution >= 0.6 is 0 Å². The molecule has 1 atom stereocenters. The summed E-state index contributed by atoms with van der Waals surface area (Å²) < 4.78 is 10.5. The van der Waals surface area contributed by atoms with Crippen molar-refractivity contribution >= 4 is 11.7 Å². The highest BCUT2D eigenvalue weighted by atomic mass is 16.5. The minimum Gasteiger partial charge on any atom is -0.381 e. The third kappa shape index (κ3) is 4.76. The number of carbonyl (C=O) groups is 1. The van der Waals surface area contributed by atoms with E-state index in [-0.39, 0.29) is 18.4 Å². The van der Waals surface area contributed by atoms with Crippen molar-refractivity contribution in [3.8, 4) is 0 Å². The number of aromatic nitrogens is 3. The fourth-order valence-electron chi connectivity index (χ4n) is 2.46. The van der Waals surface area contributed by atoms with Crippen LogP contribution in [0, 0.1) is 5.92 Å². The molecule has 134 valence electrons. The Labute approximate surface area is 146 Å². The van der Waals surface area contributed by atoms with Crippen molar-refractivity contribution in [1.29, 1.82) is 0 Å². The second-order valence-corrected chi connectivity index (χ2v) is 6.43. The summed E-state index contributed by atoms with van der Waals surface area (Å²) in [4.78, 5) is 20.7. The standard InChI is InChI=1S/C17H23N5O3/c1-11(2)17-21-15(22-25-17)9-20-16(23)13-3-4-14(19-8-13)18-7-12-5-6-24-10-12/h3-4,8,11-12H,5-7,9-10H2,1-2H3,(H,18,19)(H,20,23)/t12-/m0/s1. The van der Waals surface area contributed by atoms with Crippen molar-refractivity contribution < 1.29 is 14.1 Å². The molecule has 3 heterocycles. The molecule has 1 fully saturated rings. The lowest BCUT2D eigenvalue weighted by Crippen LogP contribution is -2.23. The number of ether oxygens (including phenoxy) is 1. The monoisotopic (exact) mass is 345 g/mol. The van der Waals surface area contributed by atoms with E-state index in [1.54, 1.807) is 18.3 Å². The Balaban J connectivity index is 1.48. The van der Waals surface area contributed by atoms with Gasteiger partial charge in [-0.1, -0.05) is 19.0 Å². The minimum absolute atomic E-state index is 0.164. The molecule has 1 aliphatic rings. The number of nitrogens with zero attached hydrogens (tertiary/aromatic N) is 3. The van der Waals surface area contributed by atoms with Gasteiger partial charge < -0.3 is 19.9 Å². The smallest absolute Gasteiger partial charge is 0.253 e. The van der Waals surface area contributed by atoms with E-state index in [2.05, 4.69) is 25.8 Å². The van der Waals surface area contributed by atoms with Crippen molar-refractivity contribution in [3.05, 3.63) is 35.6 Å². The van der Waals surface area contributed by atoms with Gasteiger partial charge in [0.2, 0.25) is 5.89 Å². The number of carbonyl (C=O) groups excluding carboxylic acids is 1. The third-order valence-electron chi connectivity index (χ3n) is 4.01. The van der Waals surface area contributed by atoms with Crippen molar-refractivity contribution in [3.63, 3.8) is 0 Å². The van der Waals surface area contributed by atoms with Gasteiger partial charge in [-0.3, -0.25) is 4.79 Å². The Morgan fingerprint density at radius 3 is 2.92 bits per heavy atom. The number of nitrogens with one attached hydrogen (secondary N) is 2. The molecular formula is C17H23N5O3. The van der Waals surface area contributed by atoms with Gasteiger partial charge in [-0.05, 0) is 18.6 Å². The van der Waals surface area contributed by atoms with Gasteiger partial charge in [0.05, 0.1) is 18.7 Å². The van der Waals surface area contributed by atoms with E-state index in [1.807, 2.05) is 13.8 Å². The average Bonchev–Trinajstić information content (AvgIpc) is 3.30. The Bertz CT molecular complexity index is 693. The van der Waals surface area contributed by atoms with Crippen LogP contribution in [0.15, 0.2) is 22.9 Å². The Morgan fingerprint density at radius 1 is 1.40 bits per heavy atom. The van der Waals surface area contributed by atoms with Crippen LogP contribution in [0.3, 0.4) is 0 Å². The van der Waals surface area contributed by atoms with Gasteiger partial charge in [-0.2, -0.15) is 4.98 Å². The highest BCUT2D eigenvalue weighted by Gasteiger charge is 2.15. The SMILES string of the molecule is CC(C)c1nc(CNC(=O)c2ccc(NC[C@@H]3CCOC3)nc2)no1. The maximum Gasteiger partial charge on any atom is 0.253 e. The van der Waals surface area contributed by atoms with E-state index in [0.717, 1.165) is 32.0 Å². The summed E-state index contributed by atoms with van der Waals surface area (Å²) in [6, 6.07) is 3.54. The van der Waals surface area contributed by atoms with Gasteiger partial charge in [0.25, 0.3) is 5.91 Å². The first-order chi connectivity index (χ1) is 12.1. The molecule has 8 nitrogen and oxygen atoms in total. The second kappa shape index (κ2) is 8.06. The lowest BCUT2D eigenvalue weighted by Gasteiger charge is -2.10. The molecule has 1 aliphatic heterocycles.